The van der Waals surface area contributed by atoms with Gasteiger partial charge in [-0.2, -0.15) is 0 Å². The molecule has 0 saturated carbocycles. The topological polar surface area (TPSA) is 3.24 Å². The number of hydrogen-bond donors (Lipinski definition) is 0. The Bertz CT molecular complexity index is 297. The lowest BCUT2D eigenvalue weighted by atomic mass is 10.1. The highest BCUT2D eigenvalue weighted by Crippen LogP contribution is 2.24. The first-order valence-corrected chi connectivity index (χ1v) is 5.36. The molecule has 0 heterocycles. The Kier molecular flexibility index (Phi) is 4.21. The Morgan fingerprint density at radius 1 is 1.29 bits per heavy atom. The highest BCUT2D eigenvalue weighted by molar-refractivity contribution is 6.17. The van der Waals surface area contributed by atoms with Gasteiger partial charge in [0.1, 0.15) is 5.82 Å². The zero-order chi connectivity index (χ0) is 10.6. The maximum atomic E-state index is 13.4. The number of hydrogen-bond acceptors (Lipinski definition) is 1. The van der Waals surface area contributed by atoms with Crippen LogP contribution in [-0.2, 0) is 5.88 Å². The zero-order valence-electron chi connectivity index (χ0n) is 8.56. The van der Waals surface area contributed by atoms with Crippen molar-refractivity contribution in [3.63, 3.8) is 0 Å². The molecule has 0 aliphatic carbocycles. The predicted molar refractivity (Wildman–Crippen MR) is 59.5 cm³/mol. The molecule has 0 bridgehead atoms. The van der Waals surface area contributed by atoms with Gasteiger partial charge >= 0.3 is 0 Å². The summed E-state index contributed by atoms with van der Waals surface area (Å²) in [6.45, 7) is 5.83. The second-order valence-electron chi connectivity index (χ2n) is 3.04. The summed E-state index contributed by atoms with van der Waals surface area (Å²) >= 11 is 5.73. The summed E-state index contributed by atoms with van der Waals surface area (Å²) in [6, 6.07) is 5.08. The molecule has 3 heteroatoms. The SMILES string of the molecule is CCN(CC)c1cccc(F)c1CCl. The molecule has 0 radical (unpaired) electrons. The zero-order valence-corrected chi connectivity index (χ0v) is 9.31. The van der Waals surface area contributed by atoms with Crippen LogP contribution in [0.2, 0.25) is 0 Å². The minimum Gasteiger partial charge on any atom is -0.372 e. The van der Waals surface area contributed by atoms with Gasteiger partial charge < -0.3 is 4.90 Å². The van der Waals surface area contributed by atoms with Crippen molar-refractivity contribution in [2.45, 2.75) is 19.7 Å². The Labute approximate surface area is 89.5 Å². The number of nitrogens with zero attached hydrogens (tertiary/aromatic N) is 1. The predicted octanol–water partition coefficient (Wildman–Crippen LogP) is 3.41. The first-order valence-electron chi connectivity index (χ1n) is 4.82. The summed E-state index contributed by atoms with van der Waals surface area (Å²) in [5, 5.41) is 0. The summed E-state index contributed by atoms with van der Waals surface area (Å²) in [4.78, 5) is 2.10. The Morgan fingerprint density at radius 2 is 1.93 bits per heavy atom. The molecule has 0 saturated heterocycles. The molecular formula is C11H15ClFN. The van der Waals surface area contributed by atoms with Crippen molar-refractivity contribution >= 4 is 17.3 Å². The van der Waals surface area contributed by atoms with Gasteiger partial charge in [0, 0.05) is 24.3 Å². The van der Waals surface area contributed by atoms with Gasteiger partial charge in [-0.1, -0.05) is 6.07 Å². The third-order valence-electron chi connectivity index (χ3n) is 2.33. The summed E-state index contributed by atoms with van der Waals surface area (Å²) < 4.78 is 13.4. The van der Waals surface area contributed by atoms with Gasteiger partial charge in [0.15, 0.2) is 0 Å². The number of halogens is 2. The van der Waals surface area contributed by atoms with Crippen molar-refractivity contribution in [1.29, 1.82) is 0 Å². The van der Waals surface area contributed by atoms with E-state index < -0.39 is 0 Å². The van der Waals surface area contributed by atoms with Crippen LogP contribution < -0.4 is 4.90 Å². The van der Waals surface area contributed by atoms with Gasteiger partial charge in [0.2, 0.25) is 0 Å². The molecule has 0 fully saturated rings. The molecule has 78 valence electrons. The van der Waals surface area contributed by atoms with E-state index >= 15 is 0 Å². The third-order valence-corrected chi connectivity index (χ3v) is 2.60. The van der Waals surface area contributed by atoms with E-state index in [0.29, 0.717) is 5.56 Å². The molecule has 0 unspecified atom stereocenters. The van der Waals surface area contributed by atoms with Crippen LogP contribution in [0.25, 0.3) is 0 Å². The van der Waals surface area contributed by atoms with E-state index in [1.807, 2.05) is 19.9 Å². The fourth-order valence-corrected chi connectivity index (χ4v) is 1.80. The van der Waals surface area contributed by atoms with Crippen molar-refractivity contribution in [2.24, 2.45) is 0 Å². The van der Waals surface area contributed by atoms with E-state index in [-0.39, 0.29) is 11.7 Å². The molecule has 0 aliphatic heterocycles. The van der Waals surface area contributed by atoms with Crippen LogP contribution in [0.3, 0.4) is 0 Å². The standard InChI is InChI=1S/C11H15ClFN/c1-3-14(4-2)11-7-5-6-10(13)9(11)8-12/h5-7H,3-4,8H2,1-2H3. The molecule has 1 nitrogen and oxygen atoms in total. The van der Waals surface area contributed by atoms with Gasteiger partial charge in [-0.3, -0.25) is 0 Å². The largest absolute Gasteiger partial charge is 0.372 e. The van der Waals surface area contributed by atoms with Gasteiger partial charge in [-0.25, -0.2) is 4.39 Å². The van der Waals surface area contributed by atoms with Crippen LogP contribution in [0, 0.1) is 5.82 Å². The maximum absolute atomic E-state index is 13.4. The summed E-state index contributed by atoms with van der Waals surface area (Å²) in [5.74, 6) is 0.00259. The van der Waals surface area contributed by atoms with Crippen LogP contribution >= 0.6 is 11.6 Å². The molecule has 1 rings (SSSR count). The van der Waals surface area contributed by atoms with Crippen LogP contribution in [0.1, 0.15) is 19.4 Å². The van der Waals surface area contributed by atoms with Gasteiger partial charge in [0.05, 0.1) is 5.88 Å². The van der Waals surface area contributed by atoms with Crippen molar-refractivity contribution in [2.75, 3.05) is 18.0 Å². The monoisotopic (exact) mass is 215 g/mol. The normalized spacial score (nSPS) is 10.3. The Morgan fingerprint density at radius 3 is 2.43 bits per heavy atom. The van der Waals surface area contributed by atoms with Crippen LogP contribution in [0.15, 0.2) is 18.2 Å². The average molecular weight is 216 g/mol. The molecule has 14 heavy (non-hydrogen) atoms. The Hall–Kier alpha value is -0.760. The van der Waals surface area contributed by atoms with Gasteiger partial charge in [-0.15, -0.1) is 11.6 Å². The van der Waals surface area contributed by atoms with E-state index in [0.717, 1.165) is 18.8 Å². The maximum Gasteiger partial charge on any atom is 0.129 e. The first-order chi connectivity index (χ1) is 6.74. The third kappa shape index (κ3) is 2.18. The number of anilines is 1. The number of rotatable bonds is 4. The summed E-state index contributed by atoms with van der Waals surface area (Å²) in [5.41, 5.74) is 1.50. The smallest absolute Gasteiger partial charge is 0.129 e. The van der Waals surface area contributed by atoms with E-state index in [2.05, 4.69) is 4.90 Å². The van der Waals surface area contributed by atoms with Crippen molar-refractivity contribution in [3.8, 4) is 0 Å². The van der Waals surface area contributed by atoms with Crippen LogP contribution in [0.5, 0.6) is 0 Å². The summed E-state index contributed by atoms with van der Waals surface area (Å²) in [6.07, 6.45) is 0. The molecule has 0 aromatic heterocycles. The Balaban J connectivity index is 3.11. The van der Waals surface area contributed by atoms with Crippen LogP contribution in [-0.4, -0.2) is 13.1 Å². The summed E-state index contributed by atoms with van der Waals surface area (Å²) in [7, 11) is 0. The molecule has 1 aromatic carbocycles. The first kappa shape index (κ1) is 11.3. The fourth-order valence-electron chi connectivity index (χ4n) is 1.54. The quantitative estimate of drug-likeness (QED) is 0.696. The lowest BCUT2D eigenvalue weighted by Crippen LogP contribution is -2.23. The highest BCUT2D eigenvalue weighted by Gasteiger charge is 2.10. The van der Waals surface area contributed by atoms with Crippen molar-refractivity contribution in [3.05, 3.63) is 29.6 Å². The van der Waals surface area contributed by atoms with Gasteiger partial charge in [0.25, 0.3) is 0 Å². The lowest BCUT2D eigenvalue weighted by Gasteiger charge is -2.23. The molecule has 0 spiro atoms. The average Bonchev–Trinajstić information content (AvgIpc) is 2.20. The number of benzene rings is 1. The fraction of sp³-hybridized carbons (Fsp3) is 0.455. The van der Waals surface area contributed by atoms with Crippen molar-refractivity contribution in [1.82, 2.24) is 0 Å². The van der Waals surface area contributed by atoms with Gasteiger partial charge in [-0.05, 0) is 26.0 Å². The molecule has 0 N–H and O–H groups in total. The molecule has 0 atom stereocenters. The van der Waals surface area contributed by atoms with E-state index in [9.17, 15) is 4.39 Å². The minimum absolute atomic E-state index is 0.218. The van der Waals surface area contributed by atoms with Crippen molar-refractivity contribution < 1.29 is 4.39 Å². The van der Waals surface area contributed by atoms with Crippen LogP contribution in [0.4, 0.5) is 10.1 Å². The van der Waals surface area contributed by atoms with E-state index in [1.54, 1.807) is 6.07 Å². The molecule has 0 aliphatic rings. The van der Waals surface area contributed by atoms with E-state index in [1.165, 1.54) is 6.07 Å². The molecule has 0 amide bonds. The second-order valence-corrected chi connectivity index (χ2v) is 3.31. The highest BCUT2D eigenvalue weighted by atomic mass is 35.5. The number of alkyl halides is 1. The molecule has 1 aromatic rings. The minimum atomic E-state index is -0.218. The molecular weight excluding hydrogens is 201 g/mol. The van der Waals surface area contributed by atoms with E-state index in [4.69, 9.17) is 11.6 Å². The lowest BCUT2D eigenvalue weighted by molar-refractivity contribution is 0.615. The second kappa shape index (κ2) is 5.20.